The van der Waals surface area contributed by atoms with E-state index in [1.807, 2.05) is 18.2 Å². The smallest absolute Gasteiger partial charge is 0.311 e. The van der Waals surface area contributed by atoms with Gasteiger partial charge in [0, 0.05) is 24.8 Å². The molecule has 28 heavy (non-hydrogen) atoms. The maximum atomic E-state index is 12.5. The third-order valence-electron chi connectivity index (χ3n) is 7.64. The van der Waals surface area contributed by atoms with Gasteiger partial charge in [-0.25, -0.2) is 0 Å². The van der Waals surface area contributed by atoms with E-state index in [9.17, 15) is 9.90 Å². The first kappa shape index (κ1) is 19.0. The molecule has 2 saturated heterocycles. The number of aliphatic hydroxyl groups excluding tert-OH is 1. The summed E-state index contributed by atoms with van der Waals surface area (Å²) in [6, 6.07) is 8.05. The van der Waals surface area contributed by atoms with Gasteiger partial charge in [-0.2, -0.15) is 0 Å². The van der Waals surface area contributed by atoms with Gasteiger partial charge in [-0.1, -0.05) is 29.8 Å². The minimum absolute atomic E-state index is 0.0217. The molecule has 4 aliphatic rings. The van der Waals surface area contributed by atoms with Crippen molar-refractivity contribution in [2.75, 3.05) is 25.5 Å². The van der Waals surface area contributed by atoms with Crippen molar-refractivity contribution >= 4 is 34.9 Å². The molecule has 0 amide bonds. The number of ether oxygens (including phenoxy) is 1. The van der Waals surface area contributed by atoms with Gasteiger partial charge in [0.2, 0.25) is 0 Å². The molecule has 3 aliphatic heterocycles. The Kier molecular flexibility index (Phi) is 4.40. The molecule has 3 heterocycles. The molecule has 7 heteroatoms. The predicted molar refractivity (Wildman–Crippen MR) is 109 cm³/mol. The van der Waals surface area contributed by atoms with Crippen LogP contribution in [0.25, 0.3) is 0 Å². The standard InChI is InChI=1S/C21H26Cl2N2O3/c1-28-19(27)18-13-10-17-21(23)20(22,14-4-2-3-5-15(14)24-21)8-9-25(17)11-12(13)6-7-16(18)26/h2-5,12-13,16-18,24,26H,6-11H2,1H3/t12-,13-,16-,17-,18+,20?,21?/m0/s1. The number of nitrogens with one attached hydrogen (secondary N) is 1. The maximum absolute atomic E-state index is 12.5. The number of carbonyl (C=O) groups excluding carboxylic acids is 1. The van der Waals surface area contributed by atoms with Gasteiger partial charge >= 0.3 is 5.97 Å². The van der Waals surface area contributed by atoms with Crippen LogP contribution in [-0.4, -0.2) is 53.3 Å². The van der Waals surface area contributed by atoms with E-state index < -0.39 is 21.9 Å². The molecule has 1 aromatic rings. The first-order valence-corrected chi connectivity index (χ1v) is 10.9. The molecule has 1 saturated carbocycles. The number of alkyl halides is 2. The van der Waals surface area contributed by atoms with Gasteiger partial charge < -0.3 is 15.2 Å². The van der Waals surface area contributed by atoms with Crippen LogP contribution in [0.4, 0.5) is 5.69 Å². The molecular weight excluding hydrogens is 399 g/mol. The number of hydrogen-bond acceptors (Lipinski definition) is 5. The molecule has 1 aromatic carbocycles. The van der Waals surface area contributed by atoms with Gasteiger partial charge in [-0.15, -0.1) is 11.6 Å². The van der Waals surface area contributed by atoms with E-state index in [0.717, 1.165) is 43.6 Å². The topological polar surface area (TPSA) is 61.8 Å². The van der Waals surface area contributed by atoms with Crippen molar-refractivity contribution in [3.8, 4) is 0 Å². The lowest BCUT2D eigenvalue weighted by molar-refractivity contribution is -0.161. The number of esters is 1. The zero-order valence-corrected chi connectivity index (χ0v) is 17.4. The SMILES string of the molecule is COC(=O)[C@@H]1[C@H]2C[C@@H]3N(CCC4(Cl)c5ccccc5NC34Cl)C[C@@H]2CC[C@@H]1O. The van der Waals surface area contributed by atoms with Gasteiger partial charge in [-0.3, -0.25) is 9.69 Å². The van der Waals surface area contributed by atoms with E-state index in [2.05, 4.69) is 16.3 Å². The van der Waals surface area contributed by atoms with E-state index in [-0.39, 0.29) is 17.9 Å². The van der Waals surface area contributed by atoms with Gasteiger partial charge in [0.1, 0.15) is 4.87 Å². The lowest BCUT2D eigenvalue weighted by Crippen LogP contribution is -2.69. The molecule has 3 fully saturated rings. The maximum Gasteiger partial charge on any atom is 0.311 e. The number of para-hydroxylation sites is 1. The molecule has 5 nitrogen and oxygen atoms in total. The Balaban J connectivity index is 1.51. The first-order valence-electron chi connectivity index (χ1n) is 10.1. The molecule has 2 N–H and O–H groups in total. The quantitative estimate of drug-likeness (QED) is 0.411. The largest absolute Gasteiger partial charge is 0.469 e. The van der Waals surface area contributed by atoms with E-state index in [4.69, 9.17) is 27.9 Å². The number of rotatable bonds is 1. The summed E-state index contributed by atoms with van der Waals surface area (Å²) in [5.74, 6) is -0.371. The average molecular weight is 425 g/mol. The number of hydrogen-bond donors (Lipinski definition) is 2. The molecule has 0 radical (unpaired) electrons. The van der Waals surface area contributed by atoms with Crippen molar-refractivity contribution in [2.24, 2.45) is 17.8 Å². The Labute approximate surface area is 175 Å². The van der Waals surface area contributed by atoms with Crippen molar-refractivity contribution in [3.63, 3.8) is 0 Å². The summed E-state index contributed by atoms with van der Waals surface area (Å²) >= 11 is 14.5. The van der Waals surface area contributed by atoms with E-state index in [1.165, 1.54) is 7.11 Å². The van der Waals surface area contributed by atoms with Crippen molar-refractivity contribution in [2.45, 2.75) is 47.7 Å². The first-order chi connectivity index (χ1) is 13.4. The summed E-state index contributed by atoms with van der Waals surface area (Å²) in [5.41, 5.74) is 2.05. The number of anilines is 1. The van der Waals surface area contributed by atoms with Crippen LogP contribution < -0.4 is 5.32 Å². The highest BCUT2D eigenvalue weighted by Gasteiger charge is 2.66. The average Bonchev–Trinajstić information content (AvgIpc) is 2.94. The number of carbonyl (C=O) groups is 1. The second kappa shape index (κ2) is 6.49. The summed E-state index contributed by atoms with van der Waals surface area (Å²) in [5, 5.41) is 14.1. The number of aliphatic hydroxyl groups is 1. The fourth-order valence-electron chi connectivity index (χ4n) is 6.28. The zero-order valence-electron chi connectivity index (χ0n) is 15.9. The fourth-order valence-corrected chi connectivity index (χ4v) is 7.23. The molecule has 152 valence electrons. The number of benzene rings is 1. The third-order valence-corrected chi connectivity index (χ3v) is 9.10. The molecule has 5 rings (SSSR count). The molecule has 0 aromatic heterocycles. The minimum Gasteiger partial charge on any atom is -0.469 e. The summed E-state index contributed by atoms with van der Waals surface area (Å²) in [7, 11) is 1.40. The Morgan fingerprint density at radius 1 is 1.32 bits per heavy atom. The van der Waals surface area contributed by atoms with Crippen LogP contribution in [0.15, 0.2) is 24.3 Å². The molecular formula is C21H26Cl2N2O3. The Morgan fingerprint density at radius 3 is 2.89 bits per heavy atom. The minimum atomic E-state index is -0.843. The Morgan fingerprint density at radius 2 is 2.11 bits per heavy atom. The highest BCUT2D eigenvalue weighted by molar-refractivity contribution is 6.37. The summed E-state index contributed by atoms with van der Waals surface area (Å²) in [4.78, 5) is 13.4. The highest BCUT2D eigenvalue weighted by atomic mass is 35.5. The summed E-state index contributed by atoms with van der Waals surface area (Å²) < 4.78 is 5.04. The predicted octanol–water partition coefficient (Wildman–Crippen LogP) is 3.14. The van der Waals surface area contributed by atoms with Crippen LogP contribution in [0, 0.1) is 17.8 Å². The Bertz CT molecular complexity index is 808. The van der Waals surface area contributed by atoms with Crippen LogP contribution in [-0.2, 0) is 14.4 Å². The van der Waals surface area contributed by atoms with Crippen molar-refractivity contribution < 1.29 is 14.6 Å². The lowest BCUT2D eigenvalue weighted by atomic mass is 9.63. The van der Waals surface area contributed by atoms with E-state index >= 15 is 0 Å². The molecule has 0 spiro atoms. The normalized spacial score (nSPS) is 44.5. The summed E-state index contributed by atoms with van der Waals surface area (Å²) in [6.45, 7) is 1.77. The van der Waals surface area contributed by atoms with Crippen LogP contribution in [0.5, 0.6) is 0 Å². The number of methoxy groups -OCH3 is 1. The number of piperidine rings is 2. The van der Waals surface area contributed by atoms with Gasteiger partial charge in [0.05, 0.1) is 19.1 Å². The number of nitrogens with zero attached hydrogens (tertiary/aromatic N) is 1. The molecule has 0 bridgehead atoms. The second-order valence-electron chi connectivity index (χ2n) is 8.80. The van der Waals surface area contributed by atoms with Gasteiger partial charge in [0.15, 0.2) is 5.00 Å². The van der Waals surface area contributed by atoms with E-state index in [0.29, 0.717) is 12.3 Å². The van der Waals surface area contributed by atoms with Gasteiger partial charge in [0.25, 0.3) is 0 Å². The van der Waals surface area contributed by atoms with Gasteiger partial charge in [-0.05, 0) is 49.1 Å². The highest BCUT2D eigenvalue weighted by Crippen LogP contribution is 2.61. The lowest BCUT2D eigenvalue weighted by Gasteiger charge is -2.58. The van der Waals surface area contributed by atoms with Crippen molar-refractivity contribution in [1.82, 2.24) is 4.90 Å². The van der Waals surface area contributed by atoms with Crippen LogP contribution >= 0.6 is 23.2 Å². The number of halogens is 2. The van der Waals surface area contributed by atoms with Crippen LogP contribution in [0.3, 0.4) is 0 Å². The fraction of sp³-hybridized carbons (Fsp3) is 0.667. The molecule has 1 aliphatic carbocycles. The van der Waals surface area contributed by atoms with Crippen molar-refractivity contribution in [1.29, 1.82) is 0 Å². The van der Waals surface area contributed by atoms with E-state index in [1.54, 1.807) is 0 Å². The number of fused-ring (bicyclic) bond motifs is 6. The Hall–Kier alpha value is -1.01. The van der Waals surface area contributed by atoms with Crippen molar-refractivity contribution in [3.05, 3.63) is 29.8 Å². The summed E-state index contributed by atoms with van der Waals surface area (Å²) in [6.07, 6.45) is 2.43. The molecule has 2 unspecified atom stereocenters. The molecule has 7 atom stereocenters. The second-order valence-corrected chi connectivity index (χ2v) is 10.0. The monoisotopic (exact) mass is 424 g/mol. The third kappa shape index (κ3) is 2.43. The zero-order chi connectivity index (χ0) is 19.7. The van der Waals surface area contributed by atoms with Crippen LogP contribution in [0.2, 0.25) is 0 Å². The van der Waals surface area contributed by atoms with Crippen LogP contribution in [0.1, 0.15) is 31.2 Å².